The number of benzene rings is 1. The zero-order chi connectivity index (χ0) is 18.6. The van der Waals surface area contributed by atoms with Gasteiger partial charge in [-0.05, 0) is 64.3 Å². The number of likely N-dealkylation sites (tertiary alicyclic amines) is 1. The number of nitrogens with one attached hydrogen (secondary N) is 1. The molecule has 0 radical (unpaired) electrons. The van der Waals surface area contributed by atoms with Crippen LogP contribution >= 0.6 is 0 Å². The molecule has 1 atom stereocenters. The lowest BCUT2D eigenvalue weighted by Crippen LogP contribution is -2.34. The highest BCUT2D eigenvalue weighted by atomic mass is 16.5. The van der Waals surface area contributed by atoms with Crippen LogP contribution in [-0.4, -0.2) is 40.9 Å². The van der Waals surface area contributed by atoms with E-state index in [1.165, 1.54) is 55.7 Å². The minimum Gasteiger partial charge on any atom is -0.492 e. The van der Waals surface area contributed by atoms with Gasteiger partial charge in [0.05, 0.1) is 18.3 Å². The number of ether oxygens (including phenoxy) is 1. The fourth-order valence-corrected chi connectivity index (χ4v) is 4.56. The summed E-state index contributed by atoms with van der Waals surface area (Å²) in [5.41, 5.74) is 3.74. The third-order valence-electron chi connectivity index (χ3n) is 5.89. The van der Waals surface area contributed by atoms with Gasteiger partial charge in [-0.3, -0.25) is 4.90 Å². The largest absolute Gasteiger partial charge is 0.492 e. The number of hydrogen-bond acceptors (Lipinski definition) is 4. The van der Waals surface area contributed by atoms with Gasteiger partial charge >= 0.3 is 0 Å². The van der Waals surface area contributed by atoms with Crippen LogP contribution in [0.25, 0.3) is 5.69 Å². The van der Waals surface area contributed by atoms with E-state index in [9.17, 15) is 0 Å². The second kappa shape index (κ2) is 8.34. The maximum Gasteiger partial charge on any atom is 0.145 e. The summed E-state index contributed by atoms with van der Waals surface area (Å²) >= 11 is 0. The monoisotopic (exact) mass is 368 g/mol. The molecule has 1 fully saturated rings. The molecule has 3 heterocycles. The smallest absolute Gasteiger partial charge is 0.145 e. The average Bonchev–Trinajstić information content (AvgIpc) is 2.89. The highest BCUT2D eigenvalue weighted by Crippen LogP contribution is 2.38. The second-order valence-corrected chi connectivity index (χ2v) is 7.55. The Morgan fingerprint density at radius 3 is 2.89 bits per heavy atom. The van der Waals surface area contributed by atoms with Crippen LogP contribution in [0.4, 0.5) is 5.82 Å². The van der Waals surface area contributed by atoms with E-state index in [2.05, 4.69) is 34.0 Å². The number of anilines is 1. The lowest BCUT2D eigenvalue weighted by Gasteiger charge is -2.34. The van der Waals surface area contributed by atoms with Gasteiger partial charge in [-0.2, -0.15) is 5.10 Å². The van der Waals surface area contributed by atoms with Crippen molar-refractivity contribution in [3.05, 3.63) is 35.5 Å². The van der Waals surface area contributed by atoms with Crippen molar-refractivity contribution in [3.8, 4) is 11.4 Å². The first-order valence-electron chi connectivity index (χ1n) is 10.6. The van der Waals surface area contributed by atoms with Gasteiger partial charge < -0.3 is 10.1 Å². The maximum absolute atomic E-state index is 5.91. The molecule has 146 valence electrons. The SMILES string of the molecule is CCOc1ccccc1-n1nc(C2CCCCN2CC)c2c1NCCCC2. The molecule has 0 bridgehead atoms. The number of fused-ring (bicyclic) bond motifs is 1. The Hall–Kier alpha value is -2.01. The fraction of sp³-hybridized carbons (Fsp3) is 0.591. The van der Waals surface area contributed by atoms with Crippen molar-refractivity contribution in [3.63, 3.8) is 0 Å². The Morgan fingerprint density at radius 1 is 1.15 bits per heavy atom. The van der Waals surface area contributed by atoms with E-state index in [1.807, 2.05) is 19.1 Å². The zero-order valence-electron chi connectivity index (χ0n) is 16.7. The Kier molecular flexibility index (Phi) is 5.67. The van der Waals surface area contributed by atoms with Crippen LogP contribution in [0.3, 0.4) is 0 Å². The summed E-state index contributed by atoms with van der Waals surface area (Å²) in [5, 5.41) is 8.88. The second-order valence-electron chi connectivity index (χ2n) is 7.55. The van der Waals surface area contributed by atoms with E-state index < -0.39 is 0 Å². The zero-order valence-corrected chi connectivity index (χ0v) is 16.7. The summed E-state index contributed by atoms with van der Waals surface area (Å²) in [7, 11) is 0. The summed E-state index contributed by atoms with van der Waals surface area (Å²) < 4.78 is 8.03. The number of aromatic nitrogens is 2. The van der Waals surface area contributed by atoms with Crippen molar-refractivity contribution in [1.82, 2.24) is 14.7 Å². The molecule has 2 aliphatic heterocycles. The standard InChI is InChI=1S/C22H32N4O/c1-3-25-16-10-8-13-19(25)21-17-11-7-9-15-23-22(17)26(24-21)18-12-5-6-14-20(18)27-4-2/h5-6,12,14,19,23H,3-4,7-11,13,15-16H2,1-2H3. The number of para-hydroxylation sites is 2. The van der Waals surface area contributed by atoms with E-state index in [4.69, 9.17) is 9.84 Å². The fourth-order valence-electron chi connectivity index (χ4n) is 4.56. The summed E-state index contributed by atoms with van der Waals surface area (Å²) in [6, 6.07) is 8.71. The molecule has 5 nitrogen and oxygen atoms in total. The van der Waals surface area contributed by atoms with Crippen molar-refractivity contribution in [1.29, 1.82) is 0 Å². The van der Waals surface area contributed by atoms with Crippen molar-refractivity contribution < 1.29 is 4.74 Å². The molecule has 0 aliphatic carbocycles. The van der Waals surface area contributed by atoms with E-state index in [0.717, 1.165) is 30.9 Å². The van der Waals surface area contributed by atoms with Gasteiger partial charge in [0.25, 0.3) is 0 Å². The lowest BCUT2D eigenvalue weighted by molar-refractivity contribution is 0.152. The third kappa shape index (κ3) is 3.57. The Labute approximate surface area is 162 Å². The molecule has 5 heteroatoms. The van der Waals surface area contributed by atoms with E-state index in [0.29, 0.717) is 12.6 Å². The molecular weight excluding hydrogens is 336 g/mol. The van der Waals surface area contributed by atoms with Gasteiger partial charge in [0, 0.05) is 12.1 Å². The number of nitrogens with zero attached hydrogens (tertiary/aromatic N) is 3. The quantitative estimate of drug-likeness (QED) is 0.840. The van der Waals surface area contributed by atoms with Crippen LogP contribution in [0.5, 0.6) is 5.75 Å². The van der Waals surface area contributed by atoms with Gasteiger partial charge in [-0.1, -0.05) is 25.5 Å². The minimum absolute atomic E-state index is 0.443. The van der Waals surface area contributed by atoms with Gasteiger partial charge in [0.15, 0.2) is 0 Å². The topological polar surface area (TPSA) is 42.3 Å². The van der Waals surface area contributed by atoms with Crippen LogP contribution in [0.1, 0.15) is 63.3 Å². The summed E-state index contributed by atoms with van der Waals surface area (Å²) in [6.07, 6.45) is 7.37. The van der Waals surface area contributed by atoms with Crippen molar-refractivity contribution in [2.75, 3.05) is 31.6 Å². The van der Waals surface area contributed by atoms with Crippen molar-refractivity contribution in [2.45, 2.75) is 58.4 Å². The Balaban J connectivity index is 1.82. The van der Waals surface area contributed by atoms with Gasteiger partial charge in [-0.15, -0.1) is 0 Å². The molecule has 0 amide bonds. The van der Waals surface area contributed by atoms with E-state index in [-0.39, 0.29) is 0 Å². The summed E-state index contributed by atoms with van der Waals surface area (Å²) in [4.78, 5) is 2.61. The summed E-state index contributed by atoms with van der Waals surface area (Å²) in [5.74, 6) is 2.08. The number of piperidine rings is 1. The Morgan fingerprint density at radius 2 is 2.04 bits per heavy atom. The number of rotatable bonds is 5. The molecule has 1 saturated heterocycles. The highest BCUT2D eigenvalue weighted by molar-refractivity contribution is 5.58. The van der Waals surface area contributed by atoms with Crippen LogP contribution in [0.2, 0.25) is 0 Å². The van der Waals surface area contributed by atoms with Gasteiger partial charge in [0.1, 0.15) is 17.3 Å². The van der Waals surface area contributed by atoms with Crippen molar-refractivity contribution >= 4 is 5.82 Å². The van der Waals surface area contributed by atoms with Crippen molar-refractivity contribution in [2.24, 2.45) is 0 Å². The maximum atomic E-state index is 5.91. The molecule has 4 rings (SSSR count). The summed E-state index contributed by atoms with van der Waals surface area (Å²) in [6.45, 7) is 8.26. The molecule has 27 heavy (non-hydrogen) atoms. The molecule has 1 aromatic heterocycles. The molecule has 1 aromatic carbocycles. The average molecular weight is 369 g/mol. The molecule has 0 spiro atoms. The van der Waals surface area contributed by atoms with Gasteiger partial charge in [0.2, 0.25) is 0 Å². The minimum atomic E-state index is 0.443. The molecule has 0 saturated carbocycles. The molecule has 1 N–H and O–H groups in total. The highest BCUT2D eigenvalue weighted by Gasteiger charge is 2.31. The van der Waals surface area contributed by atoms with Crippen LogP contribution < -0.4 is 10.1 Å². The molecule has 1 unspecified atom stereocenters. The first kappa shape index (κ1) is 18.4. The Bertz CT molecular complexity index is 770. The predicted octanol–water partition coefficient (Wildman–Crippen LogP) is 4.57. The molecule has 2 aliphatic rings. The normalized spacial score (nSPS) is 20.6. The van der Waals surface area contributed by atoms with Crippen LogP contribution in [-0.2, 0) is 6.42 Å². The lowest BCUT2D eigenvalue weighted by atomic mass is 9.95. The molecule has 2 aromatic rings. The molecular formula is C22H32N4O. The first-order valence-corrected chi connectivity index (χ1v) is 10.6. The van der Waals surface area contributed by atoms with Crippen LogP contribution in [0, 0.1) is 0 Å². The third-order valence-corrected chi connectivity index (χ3v) is 5.89. The number of hydrogen-bond donors (Lipinski definition) is 1. The first-order chi connectivity index (χ1) is 13.3. The predicted molar refractivity (Wildman–Crippen MR) is 110 cm³/mol. The van der Waals surface area contributed by atoms with E-state index in [1.54, 1.807) is 0 Å². The van der Waals surface area contributed by atoms with Crippen LogP contribution in [0.15, 0.2) is 24.3 Å². The van der Waals surface area contributed by atoms with Gasteiger partial charge in [-0.25, -0.2) is 4.68 Å². The van der Waals surface area contributed by atoms with E-state index >= 15 is 0 Å².